The summed E-state index contributed by atoms with van der Waals surface area (Å²) in [6.07, 6.45) is 1.46. The van der Waals surface area contributed by atoms with Crippen LogP contribution < -0.4 is 10.6 Å². The second-order valence-electron chi connectivity index (χ2n) is 3.59. The van der Waals surface area contributed by atoms with Gasteiger partial charge in [0.05, 0.1) is 12.7 Å². The summed E-state index contributed by atoms with van der Waals surface area (Å²) in [4.78, 5) is 23.3. The first-order valence-electron chi connectivity index (χ1n) is 5.37. The molecule has 0 aromatic carbocycles. The van der Waals surface area contributed by atoms with Crippen LogP contribution in [0.1, 0.15) is 16.7 Å². The fourth-order valence-electron chi connectivity index (χ4n) is 1.39. The molecule has 3 N–H and O–H groups in total. The molecule has 0 radical (unpaired) electrons. The van der Waals surface area contributed by atoms with Gasteiger partial charge in [0.1, 0.15) is 0 Å². The lowest BCUT2D eigenvalue weighted by atomic mass is 10.2. The summed E-state index contributed by atoms with van der Waals surface area (Å²) in [5.74, 6) is -0.629. The van der Waals surface area contributed by atoms with E-state index < -0.39 is 18.0 Å². The molecule has 0 spiro atoms. The number of carboxylic acid groups (broad SMARTS) is 1. The smallest absolute Gasteiger partial charge is 0.331 e. The molecular formula is C11H11N3O4S. The molecule has 2 rings (SSSR count). The van der Waals surface area contributed by atoms with Crippen LogP contribution >= 0.6 is 11.3 Å². The third kappa shape index (κ3) is 3.55. The van der Waals surface area contributed by atoms with E-state index in [4.69, 9.17) is 9.63 Å². The Bertz CT molecular complexity index is 538. The minimum atomic E-state index is -1.11. The van der Waals surface area contributed by atoms with E-state index in [0.29, 0.717) is 10.6 Å². The van der Waals surface area contributed by atoms with Crippen molar-refractivity contribution in [1.82, 2.24) is 15.8 Å². The number of urea groups is 1. The molecule has 0 aliphatic carbocycles. The molecule has 0 bridgehead atoms. The zero-order chi connectivity index (χ0) is 13.7. The molecule has 8 heteroatoms. The van der Waals surface area contributed by atoms with Gasteiger partial charge in [-0.15, -0.1) is 11.3 Å². The standard InChI is InChI=1S/C11H11N3O4S/c15-10(16)9(8-2-1-5-19-8)14-11(17)12-6-7-3-4-13-18-7/h1-5,9H,6H2,(H,15,16)(H2,12,14,17). The number of amides is 2. The highest BCUT2D eigenvalue weighted by molar-refractivity contribution is 7.10. The highest BCUT2D eigenvalue weighted by atomic mass is 32.1. The number of rotatable bonds is 5. The maximum atomic E-state index is 11.6. The van der Waals surface area contributed by atoms with E-state index in [1.54, 1.807) is 23.6 Å². The molecule has 2 amide bonds. The van der Waals surface area contributed by atoms with Gasteiger partial charge in [-0.3, -0.25) is 0 Å². The summed E-state index contributed by atoms with van der Waals surface area (Å²) in [6.45, 7) is 0.141. The first kappa shape index (κ1) is 13.1. The van der Waals surface area contributed by atoms with Gasteiger partial charge in [0, 0.05) is 10.9 Å². The van der Waals surface area contributed by atoms with Crippen molar-refractivity contribution in [2.75, 3.05) is 0 Å². The van der Waals surface area contributed by atoms with Gasteiger partial charge in [0.15, 0.2) is 11.8 Å². The largest absolute Gasteiger partial charge is 0.479 e. The van der Waals surface area contributed by atoms with Gasteiger partial charge in [-0.05, 0) is 11.4 Å². The molecule has 0 saturated carbocycles. The van der Waals surface area contributed by atoms with Crippen molar-refractivity contribution in [2.45, 2.75) is 12.6 Å². The van der Waals surface area contributed by atoms with Gasteiger partial charge in [0.2, 0.25) is 0 Å². The molecule has 2 heterocycles. The molecule has 2 aromatic heterocycles. The van der Waals surface area contributed by atoms with Crippen molar-refractivity contribution < 1.29 is 19.2 Å². The number of carbonyl (C=O) groups excluding carboxylic acids is 1. The predicted molar refractivity (Wildman–Crippen MR) is 66.6 cm³/mol. The highest BCUT2D eigenvalue weighted by Crippen LogP contribution is 2.18. The van der Waals surface area contributed by atoms with Crippen molar-refractivity contribution in [3.8, 4) is 0 Å². The number of carboxylic acids is 1. The average molecular weight is 281 g/mol. The van der Waals surface area contributed by atoms with Crippen LogP contribution in [0, 0.1) is 0 Å². The number of hydrogen-bond acceptors (Lipinski definition) is 5. The van der Waals surface area contributed by atoms with Crippen molar-refractivity contribution in [1.29, 1.82) is 0 Å². The lowest BCUT2D eigenvalue weighted by Crippen LogP contribution is -2.40. The first-order valence-corrected chi connectivity index (χ1v) is 6.25. The summed E-state index contributed by atoms with van der Waals surface area (Å²) >= 11 is 1.27. The van der Waals surface area contributed by atoms with Crippen LogP contribution in [0.4, 0.5) is 4.79 Å². The second kappa shape index (κ2) is 6.01. The van der Waals surface area contributed by atoms with Gasteiger partial charge in [-0.1, -0.05) is 11.2 Å². The van der Waals surface area contributed by atoms with Crippen molar-refractivity contribution in [3.05, 3.63) is 40.4 Å². The van der Waals surface area contributed by atoms with E-state index in [9.17, 15) is 9.59 Å². The number of nitrogens with zero attached hydrogens (tertiary/aromatic N) is 1. The Balaban J connectivity index is 1.90. The van der Waals surface area contributed by atoms with E-state index >= 15 is 0 Å². The minimum absolute atomic E-state index is 0.141. The van der Waals surface area contributed by atoms with Crippen LogP contribution in [-0.2, 0) is 11.3 Å². The molecule has 100 valence electrons. The quantitative estimate of drug-likeness (QED) is 0.767. The third-order valence-corrected chi connectivity index (χ3v) is 3.20. The normalized spacial score (nSPS) is 11.8. The molecule has 1 unspecified atom stereocenters. The number of aliphatic carboxylic acids is 1. The van der Waals surface area contributed by atoms with Crippen molar-refractivity contribution in [3.63, 3.8) is 0 Å². The van der Waals surface area contributed by atoms with Gasteiger partial charge < -0.3 is 20.3 Å². The Labute approximate surface area is 112 Å². The maximum absolute atomic E-state index is 11.6. The zero-order valence-electron chi connectivity index (χ0n) is 9.70. The molecule has 19 heavy (non-hydrogen) atoms. The maximum Gasteiger partial charge on any atom is 0.331 e. The van der Waals surface area contributed by atoms with E-state index in [2.05, 4.69) is 15.8 Å². The van der Waals surface area contributed by atoms with E-state index in [1.807, 2.05) is 0 Å². The van der Waals surface area contributed by atoms with Crippen LogP contribution in [-0.4, -0.2) is 22.3 Å². The third-order valence-electron chi connectivity index (χ3n) is 2.26. The van der Waals surface area contributed by atoms with Crippen LogP contribution in [0.3, 0.4) is 0 Å². The van der Waals surface area contributed by atoms with Gasteiger partial charge >= 0.3 is 12.0 Å². The summed E-state index contributed by atoms with van der Waals surface area (Å²) in [5, 5.41) is 19.2. The van der Waals surface area contributed by atoms with Gasteiger partial charge in [-0.25, -0.2) is 9.59 Å². The van der Waals surface area contributed by atoms with Crippen molar-refractivity contribution in [2.24, 2.45) is 0 Å². The van der Waals surface area contributed by atoms with Crippen LogP contribution in [0.5, 0.6) is 0 Å². The monoisotopic (exact) mass is 281 g/mol. The average Bonchev–Trinajstić information content (AvgIpc) is 3.05. The molecule has 0 aliphatic rings. The SMILES string of the molecule is O=C(NCc1ccno1)NC(C(=O)O)c1cccs1. The fraction of sp³-hybridized carbons (Fsp3) is 0.182. The van der Waals surface area contributed by atoms with Crippen LogP contribution in [0.25, 0.3) is 0 Å². The first-order chi connectivity index (χ1) is 9.16. The summed E-state index contributed by atoms with van der Waals surface area (Å²) in [5.41, 5.74) is 0. The van der Waals surface area contributed by atoms with Gasteiger partial charge in [0.25, 0.3) is 0 Å². The molecule has 0 aliphatic heterocycles. The molecular weight excluding hydrogens is 270 g/mol. The van der Waals surface area contributed by atoms with Gasteiger partial charge in [-0.2, -0.15) is 0 Å². The Hall–Kier alpha value is -2.35. The summed E-state index contributed by atoms with van der Waals surface area (Å²) < 4.78 is 4.80. The number of thiophene rings is 1. The van der Waals surface area contributed by atoms with E-state index in [1.165, 1.54) is 17.5 Å². The number of hydrogen-bond donors (Lipinski definition) is 3. The Morgan fingerprint density at radius 3 is 2.89 bits per heavy atom. The molecule has 1 atom stereocenters. The van der Waals surface area contributed by atoms with E-state index in [-0.39, 0.29) is 6.54 Å². The van der Waals surface area contributed by atoms with E-state index in [0.717, 1.165) is 0 Å². The number of aromatic nitrogens is 1. The molecule has 2 aromatic rings. The lowest BCUT2D eigenvalue weighted by Gasteiger charge is -2.13. The topological polar surface area (TPSA) is 104 Å². The highest BCUT2D eigenvalue weighted by Gasteiger charge is 2.22. The zero-order valence-corrected chi connectivity index (χ0v) is 10.5. The summed E-state index contributed by atoms with van der Waals surface area (Å²) in [7, 11) is 0. The lowest BCUT2D eigenvalue weighted by molar-refractivity contribution is -0.139. The second-order valence-corrected chi connectivity index (χ2v) is 4.57. The summed E-state index contributed by atoms with van der Waals surface area (Å²) in [6, 6.07) is 3.34. The predicted octanol–water partition coefficient (Wildman–Crippen LogP) is 1.36. The number of nitrogens with one attached hydrogen (secondary N) is 2. The Morgan fingerprint density at radius 1 is 1.47 bits per heavy atom. The molecule has 0 saturated heterocycles. The van der Waals surface area contributed by atoms with Crippen LogP contribution in [0.15, 0.2) is 34.3 Å². The molecule has 7 nitrogen and oxygen atoms in total. The molecule has 0 fully saturated rings. The Kier molecular flexibility index (Phi) is 4.14. The van der Waals surface area contributed by atoms with Crippen LogP contribution in [0.2, 0.25) is 0 Å². The number of carbonyl (C=O) groups is 2. The fourth-order valence-corrected chi connectivity index (χ4v) is 2.16. The van der Waals surface area contributed by atoms with Crippen molar-refractivity contribution >= 4 is 23.3 Å². The minimum Gasteiger partial charge on any atom is -0.479 e. The Morgan fingerprint density at radius 2 is 2.32 bits per heavy atom.